The second-order valence-electron chi connectivity index (χ2n) is 6.00. The van der Waals surface area contributed by atoms with Gasteiger partial charge in [0.15, 0.2) is 22.5 Å². The lowest BCUT2D eigenvalue weighted by atomic mass is 10.1. The number of thioether (sulfide) groups is 1. The molecule has 0 aliphatic heterocycles. The summed E-state index contributed by atoms with van der Waals surface area (Å²) in [6, 6.07) is 9.72. The summed E-state index contributed by atoms with van der Waals surface area (Å²) in [6.07, 6.45) is 0. The number of carbonyl (C=O) groups excluding carboxylic acids is 1. The van der Waals surface area contributed by atoms with E-state index in [1.165, 1.54) is 46.1 Å². The van der Waals surface area contributed by atoms with Crippen molar-refractivity contribution in [3.63, 3.8) is 0 Å². The van der Waals surface area contributed by atoms with E-state index in [0.717, 1.165) is 0 Å². The molecule has 152 valence electrons. The lowest BCUT2D eigenvalue weighted by Gasteiger charge is -2.15. The van der Waals surface area contributed by atoms with Gasteiger partial charge in [-0.1, -0.05) is 23.9 Å². The zero-order valence-corrected chi connectivity index (χ0v) is 17.2. The van der Waals surface area contributed by atoms with Crippen molar-refractivity contribution in [2.24, 2.45) is 0 Å². The van der Waals surface area contributed by atoms with Crippen LogP contribution in [0.3, 0.4) is 0 Å². The van der Waals surface area contributed by atoms with Crippen LogP contribution in [0.5, 0.6) is 17.2 Å². The number of rotatable bonds is 8. The molecule has 1 aromatic heterocycles. The number of carbonyl (C=O) groups is 1. The summed E-state index contributed by atoms with van der Waals surface area (Å²) < 4.78 is 32.4. The summed E-state index contributed by atoms with van der Waals surface area (Å²) in [5.74, 6) is 1.41. The highest BCUT2D eigenvalue weighted by Crippen LogP contribution is 2.41. The third-order valence-corrected chi connectivity index (χ3v) is 5.13. The average Bonchev–Trinajstić information content (AvgIpc) is 3.15. The van der Waals surface area contributed by atoms with Gasteiger partial charge >= 0.3 is 0 Å². The van der Waals surface area contributed by atoms with Crippen LogP contribution in [-0.2, 0) is 4.79 Å². The smallest absolute Gasteiger partial charge is 0.203 e. The number of para-hydroxylation sites is 1. The molecule has 3 aromatic rings. The first-order chi connectivity index (χ1) is 14.0. The predicted molar refractivity (Wildman–Crippen MR) is 108 cm³/mol. The minimum atomic E-state index is -0.439. The summed E-state index contributed by atoms with van der Waals surface area (Å²) in [6.45, 7) is 1.48. The largest absolute Gasteiger partial charge is 0.493 e. The zero-order valence-electron chi connectivity index (χ0n) is 16.4. The molecule has 0 aliphatic rings. The molecule has 0 amide bonds. The molecule has 0 atom stereocenters. The number of ether oxygens (including phenoxy) is 3. The Kier molecular flexibility index (Phi) is 6.38. The topological polar surface area (TPSA) is 75.5 Å². The summed E-state index contributed by atoms with van der Waals surface area (Å²) in [7, 11) is 4.53. The lowest BCUT2D eigenvalue weighted by molar-refractivity contribution is -0.114. The summed E-state index contributed by atoms with van der Waals surface area (Å²) in [5, 5.41) is 8.83. The van der Waals surface area contributed by atoms with Crippen LogP contribution < -0.4 is 14.2 Å². The molecule has 7 nitrogen and oxygen atoms in total. The molecule has 0 aliphatic carbocycles. The van der Waals surface area contributed by atoms with Crippen LogP contribution in [0.1, 0.15) is 6.92 Å². The number of aromatic nitrogens is 3. The fraction of sp³-hybridized carbons (Fsp3) is 0.250. The molecule has 0 fully saturated rings. The van der Waals surface area contributed by atoms with Crippen molar-refractivity contribution < 1.29 is 23.4 Å². The number of benzene rings is 2. The normalized spacial score (nSPS) is 10.7. The fourth-order valence-electron chi connectivity index (χ4n) is 2.78. The van der Waals surface area contributed by atoms with Crippen LogP contribution in [0.2, 0.25) is 0 Å². The van der Waals surface area contributed by atoms with E-state index in [0.29, 0.717) is 33.8 Å². The van der Waals surface area contributed by atoms with Crippen LogP contribution in [0.4, 0.5) is 4.39 Å². The number of hydrogen-bond donors (Lipinski definition) is 0. The Morgan fingerprint density at radius 1 is 1.07 bits per heavy atom. The highest BCUT2D eigenvalue weighted by molar-refractivity contribution is 7.99. The molecule has 0 unspecified atom stereocenters. The number of halogens is 1. The third-order valence-electron chi connectivity index (χ3n) is 4.05. The Bertz CT molecular complexity index is 1010. The van der Waals surface area contributed by atoms with Crippen molar-refractivity contribution in [1.29, 1.82) is 0 Å². The second-order valence-corrected chi connectivity index (χ2v) is 6.94. The van der Waals surface area contributed by atoms with Crippen molar-refractivity contribution in [2.75, 3.05) is 27.1 Å². The number of Topliss-reactive ketones (excluding diaryl/α,β-unsaturated/α-hetero) is 1. The van der Waals surface area contributed by atoms with Gasteiger partial charge in [0.05, 0.1) is 32.8 Å². The van der Waals surface area contributed by atoms with Gasteiger partial charge in [-0.15, -0.1) is 10.2 Å². The molecule has 0 radical (unpaired) electrons. The van der Waals surface area contributed by atoms with Gasteiger partial charge in [0.1, 0.15) is 11.6 Å². The van der Waals surface area contributed by atoms with E-state index in [-0.39, 0.29) is 17.2 Å². The maximum absolute atomic E-state index is 14.6. The minimum Gasteiger partial charge on any atom is -0.493 e. The van der Waals surface area contributed by atoms with Gasteiger partial charge in [0, 0.05) is 5.56 Å². The van der Waals surface area contributed by atoms with E-state index in [1.807, 2.05) is 0 Å². The molecule has 3 rings (SSSR count). The van der Waals surface area contributed by atoms with Crippen LogP contribution in [0.25, 0.3) is 17.1 Å². The quantitative estimate of drug-likeness (QED) is 0.516. The molecule has 0 saturated heterocycles. The average molecular weight is 417 g/mol. The Labute approximate surface area is 171 Å². The molecular weight excluding hydrogens is 397 g/mol. The predicted octanol–water partition coefficient (Wildman–Crippen LogP) is 3.78. The molecule has 2 aromatic carbocycles. The van der Waals surface area contributed by atoms with Gasteiger partial charge in [-0.3, -0.25) is 9.36 Å². The number of methoxy groups -OCH3 is 3. The zero-order chi connectivity index (χ0) is 21.0. The maximum atomic E-state index is 14.6. The molecule has 0 spiro atoms. The lowest BCUT2D eigenvalue weighted by Crippen LogP contribution is -2.04. The number of hydrogen-bond acceptors (Lipinski definition) is 7. The first-order valence-electron chi connectivity index (χ1n) is 8.63. The van der Waals surface area contributed by atoms with Crippen molar-refractivity contribution in [2.45, 2.75) is 12.1 Å². The Morgan fingerprint density at radius 2 is 1.72 bits per heavy atom. The Balaban J connectivity index is 2.22. The van der Waals surface area contributed by atoms with Gasteiger partial charge < -0.3 is 14.2 Å². The van der Waals surface area contributed by atoms with Crippen LogP contribution in [-0.4, -0.2) is 47.6 Å². The van der Waals surface area contributed by atoms with Crippen molar-refractivity contribution in [3.05, 3.63) is 42.2 Å². The molecule has 29 heavy (non-hydrogen) atoms. The fourth-order valence-corrected chi connectivity index (χ4v) is 3.52. The Hall–Kier alpha value is -3.07. The minimum absolute atomic E-state index is 0.0209. The van der Waals surface area contributed by atoms with E-state index in [9.17, 15) is 9.18 Å². The first-order valence-corrected chi connectivity index (χ1v) is 9.61. The molecule has 0 N–H and O–H groups in total. The van der Waals surface area contributed by atoms with E-state index < -0.39 is 5.82 Å². The molecule has 0 saturated carbocycles. The number of ketones is 1. The van der Waals surface area contributed by atoms with Gasteiger partial charge in [0.25, 0.3) is 0 Å². The maximum Gasteiger partial charge on any atom is 0.203 e. The van der Waals surface area contributed by atoms with E-state index >= 15 is 0 Å². The monoisotopic (exact) mass is 417 g/mol. The van der Waals surface area contributed by atoms with E-state index in [4.69, 9.17) is 14.2 Å². The summed E-state index contributed by atoms with van der Waals surface area (Å²) in [4.78, 5) is 11.4. The number of nitrogens with zero attached hydrogens (tertiary/aromatic N) is 3. The van der Waals surface area contributed by atoms with Crippen LogP contribution in [0, 0.1) is 5.82 Å². The summed E-state index contributed by atoms with van der Waals surface area (Å²) >= 11 is 1.19. The standard InChI is InChI=1S/C20H20FN3O4S/c1-12(25)11-29-20-23-22-19(24(20)15-8-6-5-7-14(15)21)13-9-16(26-2)18(28-4)17(10-13)27-3/h5-10H,11H2,1-4H3. The van der Waals surface area contributed by atoms with E-state index in [2.05, 4.69) is 10.2 Å². The van der Waals surface area contributed by atoms with Gasteiger partial charge in [0.2, 0.25) is 5.75 Å². The first kappa shape index (κ1) is 20.7. The van der Waals surface area contributed by atoms with Crippen LogP contribution >= 0.6 is 11.8 Å². The highest BCUT2D eigenvalue weighted by Gasteiger charge is 2.22. The van der Waals surface area contributed by atoms with Gasteiger partial charge in [-0.2, -0.15) is 0 Å². The second kappa shape index (κ2) is 8.95. The van der Waals surface area contributed by atoms with Crippen molar-refractivity contribution >= 4 is 17.5 Å². The van der Waals surface area contributed by atoms with E-state index in [1.54, 1.807) is 34.9 Å². The molecule has 9 heteroatoms. The van der Waals surface area contributed by atoms with Gasteiger partial charge in [-0.25, -0.2) is 4.39 Å². The molecular formula is C20H20FN3O4S. The third kappa shape index (κ3) is 4.19. The molecule has 0 bridgehead atoms. The molecule has 1 heterocycles. The van der Waals surface area contributed by atoms with Crippen LogP contribution in [0.15, 0.2) is 41.6 Å². The van der Waals surface area contributed by atoms with Gasteiger partial charge in [-0.05, 0) is 31.2 Å². The van der Waals surface area contributed by atoms with Crippen molar-refractivity contribution in [1.82, 2.24) is 14.8 Å². The van der Waals surface area contributed by atoms with Crippen molar-refractivity contribution in [3.8, 4) is 34.3 Å². The Morgan fingerprint density at radius 3 is 2.28 bits per heavy atom. The summed E-state index contributed by atoms with van der Waals surface area (Å²) in [5.41, 5.74) is 0.859. The highest BCUT2D eigenvalue weighted by atomic mass is 32.2. The SMILES string of the molecule is COc1cc(-c2nnc(SCC(C)=O)n2-c2ccccc2F)cc(OC)c1OC.